The molecule has 0 aliphatic carbocycles. The van der Waals surface area contributed by atoms with E-state index in [1.807, 2.05) is 42.5 Å². The lowest BCUT2D eigenvalue weighted by molar-refractivity contribution is -0.189. The van der Waals surface area contributed by atoms with Gasteiger partial charge in [-0.1, -0.05) is 42.1 Å². The van der Waals surface area contributed by atoms with E-state index < -0.39 is 53.8 Å². The van der Waals surface area contributed by atoms with E-state index >= 15 is 0 Å². The summed E-state index contributed by atoms with van der Waals surface area (Å²) in [6.45, 7) is -0.495. The summed E-state index contributed by atoms with van der Waals surface area (Å²) < 4.78 is 46.5. The summed E-state index contributed by atoms with van der Waals surface area (Å²) in [5.74, 6) is -4.27. The van der Waals surface area contributed by atoms with Gasteiger partial charge in [-0.15, -0.1) is 5.53 Å². The van der Waals surface area contributed by atoms with E-state index in [1.54, 1.807) is 0 Å². The number of aliphatic hydroxyl groups excluding tert-OH is 3. The van der Waals surface area contributed by atoms with Crippen molar-refractivity contribution >= 4 is 28.2 Å². The Balaban J connectivity index is 1.40. The van der Waals surface area contributed by atoms with Crippen LogP contribution >= 0.6 is 11.8 Å². The number of nitrogens with one attached hydrogen (secondary N) is 2. The van der Waals surface area contributed by atoms with Gasteiger partial charge < -0.3 is 25.5 Å². The van der Waals surface area contributed by atoms with Crippen molar-refractivity contribution in [3.8, 4) is 0 Å². The number of aliphatic hydroxyl groups is 3. The van der Waals surface area contributed by atoms with Crippen molar-refractivity contribution in [3.63, 3.8) is 0 Å². The van der Waals surface area contributed by atoms with Gasteiger partial charge in [0.05, 0.1) is 12.3 Å². The third-order valence-corrected chi connectivity index (χ3v) is 7.17. The van der Waals surface area contributed by atoms with E-state index in [1.165, 1.54) is 23.0 Å². The summed E-state index contributed by atoms with van der Waals surface area (Å²) in [6.07, 6.45) is -2.16. The number of hydrogen-bond donors (Lipinski definition) is 5. The van der Waals surface area contributed by atoms with Crippen molar-refractivity contribution in [1.29, 1.82) is 0 Å². The van der Waals surface area contributed by atoms with Crippen molar-refractivity contribution in [2.75, 3.05) is 6.61 Å². The number of nitrogens with zero attached hydrogens (tertiary/aromatic N) is 1. The van der Waals surface area contributed by atoms with Gasteiger partial charge in [0.1, 0.15) is 29.8 Å². The third kappa shape index (κ3) is 4.58. The minimum atomic E-state index is -1.58. The van der Waals surface area contributed by atoms with Crippen LogP contribution in [0.2, 0.25) is 0 Å². The predicted molar refractivity (Wildman–Crippen MR) is 124 cm³/mol. The second-order valence-corrected chi connectivity index (χ2v) is 9.44. The van der Waals surface area contributed by atoms with E-state index in [2.05, 4.69) is 11.0 Å². The van der Waals surface area contributed by atoms with Gasteiger partial charge in [0.25, 0.3) is 0 Å². The lowest BCUT2D eigenvalue weighted by atomic mass is 9.97. The van der Waals surface area contributed by atoms with E-state index in [9.17, 15) is 28.5 Å². The molecule has 0 spiro atoms. The number of halogens is 3. The Labute approximate surface area is 202 Å². The maximum atomic E-state index is 13.7. The van der Waals surface area contributed by atoms with Crippen LogP contribution in [0, 0.1) is 17.5 Å². The minimum Gasteiger partial charge on any atom is -0.394 e. The zero-order valence-corrected chi connectivity index (χ0v) is 18.9. The van der Waals surface area contributed by atoms with E-state index in [4.69, 9.17) is 4.74 Å². The van der Waals surface area contributed by atoms with Crippen LogP contribution in [0.1, 0.15) is 5.56 Å². The summed E-state index contributed by atoms with van der Waals surface area (Å²) in [5.41, 5.74) is 4.79. The van der Waals surface area contributed by atoms with Crippen LogP contribution in [-0.4, -0.2) is 56.7 Å². The minimum absolute atomic E-state index is 0.0215. The molecule has 2 heterocycles. The topological polar surface area (TPSA) is 97.2 Å². The molecule has 5 N–H and O–H groups in total. The van der Waals surface area contributed by atoms with E-state index in [0.717, 1.165) is 27.8 Å². The Hall–Kier alpha value is -2.80. The van der Waals surface area contributed by atoms with E-state index in [-0.39, 0.29) is 11.3 Å². The summed E-state index contributed by atoms with van der Waals surface area (Å²) in [7, 11) is 0. The Bertz CT molecular complexity index is 1260. The normalized spacial score (nSPS) is 26.6. The maximum absolute atomic E-state index is 13.7. The summed E-state index contributed by atoms with van der Waals surface area (Å²) in [5, 5.41) is 35.1. The monoisotopic (exact) mass is 505 g/mol. The van der Waals surface area contributed by atoms with Crippen LogP contribution < -0.4 is 11.0 Å². The van der Waals surface area contributed by atoms with Crippen LogP contribution in [0.15, 0.2) is 65.7 Å². The molecule has 0 amide bonds. The molecular weight excluding hydrogens is 483 g/mol. The van der Waals surface area contributed by atoms with Gasteiger partial charge in [-0.3, -0.25) is 5.01 Å². The molecule has 5 rings (SSSR count). The molecule has 1 fully saturated rings. The first kappa shape index (κ1) is 23.9. The molecule has 3 aromatic rings. The summed E-state index contributed by atoms with van der Waals surface area (Å²) in [4.78, 5) is 0.820. The Kier molecular flexibility index (Phi) is 6.62. The van der Waals surface area contributed by atoms with Gasteiger partial charge in [-0.2, -0.15) is 0 Å². The van der Waals surface area contributed by atoms with Crippen molar-refractivity contribution in [2.24, 2.45) is 0 Å². The molecule has 0 aromatic heterocycles. The zero-order chi connectivity index (χ0) is 24.7. The predicted octanol–water partition coefficient (Wildman–Crippen LogP) is 2.48. The molecule has 3 unspecified atom stereocenters. The number of hydrogen-bond acceptors (Lipinski definition) is 8. The maximum Gasteiger partial charge on any atom is 0.194 e. The van der Waals surface area contributed by atoms with Crippen molar-refractivity contribution in [3.05, 3.63) is 83.8 Å². The largest absolute Gasteiger partial charge is 0.394 e. The molecule has 0 radical (unpaired) electrons. The lowest BCUT2D eigenvalue weighted by Crippen LogP contribution is -2.65. The second-order valence-electron chi connectivity index (χ2n) is 8.26. The number of fused-ring (bicyclic) bond motifs is 1. The first-order valence-electron chi connectivity index (χ1n) is 10.8. The van der Waals surface area contributed by atoms with Crippen molar-refractivity contribution in [2.45, 2.75) is 34.7 Å². The summed E-state index contributed by atoms with van der Waals surface area (Å²) in [6, 6.07) is 14.3. The first-order chi connectivity index (χ1) is 16.9. The molecule has 2 aliphatic heterocycles. The van der Waals surface area contributed by atoms with Crippen LogP contribution in [0.3, 0.4) is 0 Å². The highest BCUT2D eigenvalue weighted by molar-refractivity contribution is 7.99. The van der Waals surface area contributed by atoms with Crippen LogP contribution in [0.5, 0.6) is 0 Å². The molecule has 5 atom stereocenters. The second kappa shape index (κ2) is 9.69. The molecular formula is C24H22F3N3O4S. The smallest absolute Gasteiger partial charge is 0.194 e. The highest BCUT2D eigenvalue weighted by Crippen LogP contribution is 2.36. The van der Waals surface area contributed by atoms with E-state index in [0.29, 0.717) is 0 Å². The third-order valence-electron chi connectivity index (χ3n) is 6.03. The molecule has 11 heteroatoms. The van der Waals surface area contributed by atoms with Gasteiger partial charge in [-0.25, -0.2) is 13.2 Å². The van der Waals surface area contributed by atoms with Crippen LogP contribution in [0.4, 0.5) is 13.2 Å². The fourth-order valence-electron chi connectivity index (χ4n) is 4.22. The standard InChI is InChI=1S/C24H22F3N3O4S/c25-16-8-14(9-17(26)20(16)27)18-10-30(29-28-18)21-22(32)19(11-31)34-24(23(21)33)35-15-6-5-12-3-1-2-4-13(12)7-15/h1-10,19,21-24,28-29,31-33H,11H2/t19?,21?,22-,23?,24+/m0/s1. The average molecular weight is 506 g/mol. The molecule has 3 aromatic carbocycles. The molecule has 0 saturated carbocycles. The first-order valence-corrected chi connectivity index (χ1v) is 11.7. The molecule has 35 heavy (non-hydrogen) atoms. The van der Waals surface area contributed by atoms with Crippen molar-refractivity contribution < 1.29 is 33.2 Å². The Morgan fingerprint density at radius 3 is 2.37 bits per heavy atom. The quantitative estimate of drug-likeness (QED) is 0.338. The molecule has 2 aliphatic rings. The average Bonchev–Trinajstić information content (AvgIpc) is 3.34. The molecule has 0 bridgehead atoms. The highest BCUT2D eigenvalue weighted by Gasteiger charge is 2.48. The van der Waals surface area contributed by atoms with Gasteiger partial charge in [0, 0.05) is 16.7 Å². The number of thioether (sulfide) groups is 1. The van der Waals surface area contributed by atoms with Crippen LogP contribution in [0.25, 0.3) is 16.5 Å². The Morgan fingerprint density at radius 2 is 1.66 bits per heavy atom. The zero-order valence-electron chi connectivity index (χ0n) is 18.1. The number of benzene rings is 3. The van der Waals surface area contributed by atoms with Gasteiger partial charge in [0.15, 0.2) is 17.5 Å². The van der Waals surface area contributed by atoms with Gasteiger partial charge in [0.2, 0.25) is 0 Å². The van der Waals surface area contributed by atoms with Gasteiger partial charge in [-0.05, 0) is 35.0 Å². The Morgan fingerprint density at radius 1 is 0.943 bits per heavy atom. The lowest BCUT2D eigenvalue weighted by Gasteiger charge is -2.45. The van der Waals surface area contributed by atoms with Gasteiger partial charge >= 0.3 is 0 Å². The summed E-state index contributed by atoms with van der Waals surface area (Å²) >= 11 is 1.24. The molecule has 7 nitrogen and oxygen atoms in total. The fraction of sp³-hybridized carbons (Fsp3) is 0.250. The fourth-order valence-corrected chi connectivity index (χ4v) is 5.32. The number of hydrazine groups is 2. The number of rotatable bonds is 5. The number of ether oxygens (including phenoxy) is 1. The van der Waals surface area contributed by atoms with Crippen LogP contribution in [-0.2, 0) is 4.74 Å². The SMILES string of the molecule is OCC1O[C@H](Sc2ccc3ccccc3c2)C(O)C(N2C=C(c3cc(F)c(F)c(F)c3)NN2)[C@H]1O. The highest BCUT2D eigenvalue weighted by atomic mass is 32.2. The molecule has 1 saturated heterocycles. The van der Waals surface area contributed by atoms with Crippen molar-refractivity contribution in [1.82, 2.24) is 16.0 Å². The molecule has 184 valence electrons.